The number of likely N-dealkylation sites (tertiary alicyclic amines) is 1. The number of piperidine rings is 1. The maximum atomic E-state index is 11.7. The summed E-state index contributed by atoms with van der Waals surface area (Å²) in [7, 11) is 0. The third-order valence-corrected chi connectivity index (χ3v) is 3.89. The molecular weight excluding hydrogens is 194 g/mol. The molecule has 0 aliphatic carbocycles. The average molecular weight is 211 g/mol. The van der Waals surface area contributed by atoms with E-state index in [2.05, 4.69) is 4.90 Å². The molecule has 5 nitrogen and oxygen atoms in total. The Hall–Kier alpha value is -0.810. The van der Waals surface area contributed by atoms with Gasteiger partial charge in [0.15, 0.2) is 0 Å². The van der Waals surface area contributed by atoms with Crippen molar-refractivity contribution < 1.29 is 10.0 Å². The molecule has 2 atom stereocenters. The molecule has 5 heteroatoms. The quantitative estimate of drug-likeness (QED) is 0.670. The lowest BCUT2D eigenvalue weighted by Crippen LogP contribution is -2.50. The molecule has 0 unspecified atom stereocenters. The lowest BCUT2D eigenvalue weighted by atomic mass is 9.99. The summed E-state index contributed by atoms with van der Waals surface area (Å²) in [5.41, 5.74) is 0. The predicted octanol–water partition coefficient (Wildman–Crippen LogP) is 0.350. The summed E-state index contributed by atoms with van der Waals surface area (Å²) < 4.78 is 0. The first-order valence-electron chi connectivity index (χ1n) is 5.77. The van der Waals surface area contributed by atoms with E-state index in [1.165, 1.54) is 19.5 Å². The highest BCUT2D eigenvalue weighted by atomic mass is 16.5. The van der Waals surface area contributed by atoms with Crippen molar-refractivity contribution in [3.63, 3.8) is 0 Å². The number of nitrogens with zero attached hydrogens (tertiary/aromatic N) is 3. The largest absolute Gasteiger partial charge is 0.344 e. The summed E-state index contributed by atoms with van der Waals surface area (Å²) in [6.45, 7) is 4.05. The molecule has 0 aromatic carbocycles. The van der Waals surface area contributed by atoms with Gasteiger partial charge in [0.25, 0.3) is 0 Å². The lowest BCUT2D eigenvalue weighted by Gasteiger charge is -2.38. The number of hydroxylamine groups is 2. The van der Waals surface area contributed by atoms with Crippen LogP contribution < -0.4 is 0 Å². The van der Waals surface area contributed by atoms with Crippen molar-refractivity contribution in [2.75, 3.05) is 26.2 Å². The number of amides is 2. The highest BCUT2D eigenvalue weighted by molar-refractivity contribution is 5.76. The molecule has 15 heavy (non-hydrogen) atoms. The standard InChI is InChI=1S/C10H17N3O2/c14-10-12-7-9(13(10)15)3-2-8(12)6-11-4-1-5-11/h8-9,15H,1-7H2/t8-,9-/m0/s1. The number of fused-ring (bicyclic) bond motifs is 2. The molecule has 0 spiro atoms. The average Bonchev–Trinajstić information content (AvgIpc) is 2.41. The van der Waals surface area contributed by atoms with Gasteiger partial charge in [-0.25, -0.2) is 9.86 Å². The van der Waals surface area contributed by atoms with E-state index in [-0.39, 0.29) is 12.1 Å². The van der Waals surface area contributed by atoms with Crippen LogP contribution in [0, 0.1) is 0 Å². The summed E-state index contributed by atoms with van der Waals surface area (Å²) in [6.07, 6.45) is 3.26. The molecule has 1 N–H and O–H groups in total. The monoisotopic (exact) mass is 211 g/mol. The van der Waals surface area contributed by atoms with Crippen molar-refractivity contribution in [2.24, 2.45) is 0 Å². The van der Waals surface area contributed by atoms with Crippen LogP contribution >= 0.6 is 0 Å². The molecule has 2 amide bonds. The summed E-state index contributed by atoms with van der Waals surface area (Å²) in [5.74, 6) is 0. The maximum Gasteiger partial charge on any atom is 0.344 e. The molecule has 3 aliphatic rings. The zero-order chi connectivity index (χ0) is 10.4. The minimum absolute atomic E-state index is 0.0464. The van der Waals surface area contributed by atoms with Crippen LogP contribution in [-0.2, 0) is 0 Å². The number of carbonyl (C=O) groups is 1. The zero-order valence-electron chi connectivity index (χ0n) is 8.80. The first-order valence-corrected chi connectivity index (χ1v) is 5.77. The highest BCUT2D eigenvalue weighted by Crippen LogP contribution is 2.29. The van der Waals surface area contributed by atoms with Crippen LogP contribution in [0.25, 0.3) is 0 Å². The molecular formula is C10H17N3O2. The van der Waals surface area contributed by atoms with Crippen LogP contribution in [0.15, 0.2) is 0 Å². The van der Waals surface area contributed by atoms with Crippen LogP contribution in [0.2, 0.25) is 0 Å². The van der Waals surface area contributed by atoms with E-state index >= 15 is 0 Å². The van der Waals surface area contributed by atoms with Crippen molar-refractivity contribution in [3.05, 3.63) is 0 Å². The van der Waals surface area contributed by atoms with Crippen LogP contribution in [0.3, 0.4) is 0 Å². The fourth-order valence-corrected chi connectivity index (χ4v) is 2.78. The Morgan fingerprint density at radius 2 is 2.13 bits per heavy atom. The van der Waals surface area contributed by atoms with Crippen molar-refractivity contribution >= 4 is 6.03 Å². The summed E-state index contributed by atoms with van der Waals surface area (Å²) >= 11 is 0. The Morgan fingerprint density at radius 3 is 2.80 bits per heavy atom. The molecule has 0 aromatic rings. The van der Waals surface area contributed by atoms with Gasteiger partial charge < -0.3 is 9.80 Å². The van der Waals surface area contributed by atoms with Crippen LogP contribution in [-0.4, -0.2) is 64.4 Å². The van der Waals surface area contributed by atoms with Gasteiger partial charge in [-0.05, 0) is 32.4 Å². The first kappa shape index (κ1) is 9.42. The Kier molecular flexibility index (Phi) is 2.10. The van der Waals surface area contributed by atoms with E-state index in [1.54, 1.807) is 0 Å². The van der Waals surface area contributed by atoms with E-state index in [1.807, 2.05) is 4.90 Å². The number of urea groups is 1. The number of rotatable bonds is 2. The summed E-state index contributed by atoms with van der Waals surface area (Å²) in [5, 5.41) is 10.4. The lowest BCUT2D eigenvalue weighted by molar-refractivity contribution is -0.0584. The Balaban J connectivity index is 1.67. The normalized spacial score (nSPS) is 35.9. The third kappa shape index (κ3) is 1.41. The van der Waals surface area contributed by atoms with Gasteiger partial charge in [-0.15, -0.1) is 0 Å². The molecule has 84 valence electrons. The smallest absolute Gasteiger partial charge is 0.316 e. The Bertz CT molecular complexity index is 280. The molecule has 0 aromatic heterocycles. The maximum absolute atomic E-state index is 11.7. The van der Waals surface area contributed by atoms with E-state index in [0.29, 0.717) is 12.6 Å². The van der Waals surface area contributed by atoms with Gasteiger partial charge in [0.2, 0.25) is 0 Å². The topological polar surface area (TPSA) is 47.0 Å². The van der Waals surface area contributed by atoms with Crippen LogP contribution in [0.4, 0.5) is 4.79 Å². The zero-order valence-corrected chi connectivity index (χ0v) is 8.80. The van der Waals surface area contributed by atoms with Crippen molar-refractivity contribution in [1.29, 1.82) is 0 Å². The number of carbonyl (C=O) groups excluding carboxylic acids is 1. The predicted molar refractivity (Wildman–Crippen MR) is 53.6 cm³/mol. The molecule has 3 saturated heterocycles. The van der Waals surface area contributed by atoms with Crippen LogP contribution in [0.1, 0.15) is 19.3 Å². The van der Waals surface area contributed by atoms with E-state index in [0.717, 1.165) is 24.4 Å². The van der Waals surface area contributed by atoms with Gasteiger partial charge in [0, 0.05) is 19.1 Å². The number of hydrogen-bond acceptors (Lipinski definition) is 3. The van der Waals surface area contributed by atoms with Crippen LogP contribution in [0.5, 0.6) is 0 Å². The van der Waals surface area contributed by atoms with Gasteiger partial charge in [-0.2, -0.15) is 0 Å². The fourth-order valence-electron chi connectivity index (χ4n) is 2.78. The molecule has 0 radical (unpaired) electrons. The Morgan fingerprint density at radius 1 is 1.33 bits per heavy atom. The summed E-state index contributed by atoms with van der Waals surface area (Å²) in [6, 6.07) is 0.180. The molecule has 3 heterocycles. The van der Waals surface area contributed by atoms with Gasteiger partial charge in [0.05, 0.1) is 6.04 Å². The Labute approximate surface area is 89.2 Å². The van der Waals surface area contributed by atoms with Gasteiger partial charge in [-0.1, -0.05) is 0 Å². The highest BCUT2D eigenvalue weighted by Gasteiger charge is 2.44. The van der Waals surface area contributed by atoms with E-state index in [9.17, 15) is 10.0 Å². The van der Waals surface area contributed by atoms with Gasteiger partial charge in [0.1, 0.15) is 0 Å². The van der Waals surface area contributed by atoms with Crippen molar-refractivity contribution in [3.8, 4) is 0 Å². The SMILES string of the molecule is O=C1N(O)[C@H]2CC[C@@H](CN3CCC3)N1C2. The minimum Gasteiger partial charge on any atom is -0.316 e. The van der Waals surface area contributed by atoms with Crippen molar-refractivity contribution in [2.45, 2.75) is 31.3 Å². The fraction of sp³-hybridized carbons (Fsp3) is 0.900. The summed E-state index contributed by atoms with van der Waals surface area (Å²) in [4.78, 5) is 15.9. The second-order valence-corrected chi connectivity index (χ2v) is 4.82. The van der Waals surface area contributed by atoms with Gasteiger partial charge >= 0.3 is 6.03 Å². The minimum atomic E-state index is -0.192. The molecule has 0 saturated carbocycles. The van der Waals surface area contributed by atoms with Gasteiger partial charge in [-0.3, -0.25) is 5.21 Å². The molecule has 3 fully saturated rings. The third-order valence-electron chi connectivity index (χ3n) is 3.89. The second kappa shape index (κ2) is 3.35. The number of hydrogen-bond donors (Lipinski definition) is 1. The second-order valence-electron chi connectivity index (χ2n) is 4.82. The first-order chi connectivity index (χ1) is 7.25. The molecule has 2 bridgehead atoms. The molecule has 3 rings (SSSR count). The van der Waals surface area contributed by atoms with E-state index in [4.69, 9.17) is 0 Å². The van der Waals surface area contributed by atoms with Crippen molar-refractivity contribution in [1.82, 2.24) is 14.9 Å². The van der Waals surface area contributed by atoms with E-state index < -0.39 is 0 Å². The molecule has 3 aliphatic heterocycles.